The zero-order valence-corrected chi connectivity index (χ0v) is 10.7. The van der Waals surface area contributed by atoms with Crippen LogP contribution in [0.1, 0.15) is 18.6 Å². The molecule has 0 bridgehead atoms. The van der Waals surface area contributed by atoms with E-state index in [1.54, 1.807) is 0 Å². The summed E-state index contributed by atoms with van der Waals surface area (Å²) in [6.07, 6.45) is 0.176. The number of nitrogens with zero attached hydrogens (tertiary/aromatic N) is 2. The fourth-order valence-electron chi connectivity index (χ4n) is 1.55. The largest absolute Gasteiger partial charge is 0.486 e. The molecule has 1 heterocycles. The smallest absolute Gasteiger partial charge is 0.227 e. The molecule has 1 amide bonds. The molecule has 0 fully saturated rings. The molecule has 0 aliphatic carbocycles. The lowest BCUT2D eigenvalue weighted by Gasteiger charge is -2.02. The van der Waals surface area contributed by atoms with Gasteiger partial charge < -0.3 is 10.1 Å². The maximum atomic E-state index is 11.4. The van der Waals surface area contributed by atoms with E-state index in [0.717, 1.165) is 5.75 Å². The first kappa shape index (κ1) is 13.1. The topological polar surface area (TPSA) is 79.9 Å². The summed E-state index contributed by atoms with van der Waals surface area (Å²) in [4.78, 5) is 15.6. The Bertz CT molecular complexity index is 524. The highest BCUT2D eigenvalue weighted by Gasteiger charge is 2.08. The average Bonchev–Trinajstić information content (AvgIpc) is 2.85. The number of benzene rings is 1. The predicted molar refractivity (Wildman–Crippen MR) is 69.5 cm³/mol. The number of nitrogens with one attached hydrogen (secondary N) is 2. The molecule has 2 N–H and O–H groups in total. The van der Waals surface area contributed by atoms with Gasteiger partial charge in [0.05, 0.1) is 6.42 Å². The van der Waals surface area contributed by atoms with Crippen molar-refractivity contribution in [2.45, 2.75) is 20.0 Å². The zero-order chi connectivity index (χ0) is 13.5. The Morgan fingerprint density at radius 1 is 1.37 bits per heavy atom. The van der Waals surface area contributed by atoms with Crippen molar-refractivity contribution in [3.8, 4) is 5.75 Å². The van der Waals surface area contributed by atoms with Crippen molar-refractivity contribution in [3.63, 3.8) is 0 Å². The van der Waals surface area contributed by atoms with Crippen LogP contribution < -0.4 is 10.1 Å². The van der Waals surface area contributed by atoms with E-state index in [-0.39, 0.29) is 12.3 Å². The molecular formula is C13H16N4O2. The summed E-state index contributed by atoms with van der Waals surface area (Å²) in [7, 11) is 0. The van der Waals surface area contributed by atoms with Crippen LogP contribution in [0.15, 0.2) is 30.3 Å². The number of aromatic nitrogens is 3. The van der Waals surface area contributed by atoms with Crippen LogP contribution in [0, 0.1) is 0 Å². The molecule has 0 aliphatic heterocycles. The van der Waals surface area contributed by atoms with E-state index >= 15 is 0 Å². The van der Waals surface area contributed by atoms with Gasteiger partial charge in [0.15, 0.2) is 11.6 Å². The number of carbonyl (C=O) groups is 1. The average molecular weight is 260 g/mol. The van der Waals surface area contributed by atoms with Crippen LogP contribution in [0.5, 0.6) is 5.75 Å². The minimum Gasteiger partial charge on any atom is -0.486 e. The lowest BCUT2D eigenvalue weighted by Crippen LogP contribution is -2.24. The molecule has 0 saturated heterocycles. The Labute approximate surface area is 111 Å². The SMILES string of the molecule is CCNC(=O)Cc1n[nH]c(COc2ccccc2)n1. The molecule has 1 aromatic carbocycles. The fraction of sp³-hybridized carbons (Fsp3) is 0.308. The van der Waals surface area contributed by atoms with E-state index in [0.29, 0.717) is 24.8 Å². The van der Waals surface area contributed by atoms with Gasteiger partial charge in [0.2, 0.25) is 5.91 Å². The Kier molecular flexibility index (Phi) is 4.49. The van der Waals surface area contributed by atoms with E-state index in [4.69, 9.17) is 4.74 Å². The Morgan fingerprint density at radius 2 is 2.16 bits per heavy atom. The van der Waals surface area contributed by atoms with Crippen molar-refractivity contribution >= 4 is 5.91 Å². The number of para-hydroxylation sites is 1. The number of hydrogen-bond acceptors (Lipinski definition) is 4. The van der Waals surface area contributed by atoms with Crippen molar-refractivity contribution in [2.24, 2.45) is 0 Å². The van der Waals surface area contributed by atoms with Gasteiger partial charge in [0, 0.05) is 6.54 Å². The summed E-state index contributed by atoms with van der Waals surface area (Å²) in [6, 6.07) is 9.45. The first-order valence-electron chi connectivity index (χ1n) is 6.12. The standard InChI is InChI=1S/C13H16N4O2/c1-2-14-13(18)8-11-15-12(17-16-11)9-19-10-6-4-3-5-7-10/h3-7H,2,8-9H2,1H3,(H,14,18)(H,15,16,17). The molecule has 19 heavy (non-hydrogen) atoms. The summed E-state index contributed by atoms with van der Waals surface area (Å²) in [5, 5.41) is 9.43. The van der Waals surface area contributed by atoms with Crippen molar-refractivity contribution in [1.82, 2.24) is 20.5 Å². The Balaban J connectivity index is 1.85. The summed E-state index contributed by atoms with van der Waals surface area (Å²) in [5.74, 6) is 1.75. The third kappa shape index (κ3) is 4.09. The van der Waals surface area contributed by atoms with Crippen LogP contribution in [0.25, 0.3) is 0 Å². The number of ether oxygens (including phenoxy) is 1. The van der Waals surface area contributed by atoms with Crippen LogP contribution in [0.3, 0.4) is 0 Å². The van der Waals surface area contributed by atoms with Gasteiger partial charge in [-0.25, -0.2) is 4.98 Å². The number of likely N-dealkylation sites (N-methyl/N-ethyl adjacent to an activating group) is 1. The van der Waals surface area contributed by atoms with Gasteiger partial charge >= 0.3 is 0 Å². The second kappa shape index (κ2) is 6.53. The van der Waals surface area contributed by atoms with E-state index in [1.165, 1.54) is 0 Å². The second-order valence-corrected chi connectivity index (χ2v) is 3.93. The van der Waals surface area contributed by atoms with E-state index in [2.05, 4.69) is 20.5 Å². The van der Waals surface area contributed by atoms with E-state index < -0.39 is 0 Å². The molecule has 0 radical (unpaired) electrons. The molecule has 2 rings (SSSR count). The summed E-state index contributed by atoms with van der Waals surface area (Å²) < 4.78 is 5.52. The van der Waals surface area contributed by atoms with Gasteiger partial charge in [-0.1, -0.05) is 18.2 Å². The molecule has 6 heteroatoms. The van der Waals surface area contributed by atoms with Crippen molar-refractivity contribution < 1.29 is 9.53 Å². The molecule has 100 valence electrons. The van der Waals surface area contributed by atoms with Crippen LogP contribution in [0.2, 0.25) is 0 Å². The summed E-state index contributed by atoms with van der Waals surface area (Å²) in [5.41, 5.74) is 0. The number of H-pyrrole nitrogens is 1. The highest BCUT2D eigenvalue weighted by atomic mass is 16.5. The predicted octanol–water partition coefficient (Wildman–Crippen LogP) is 1.06. The van der Waals surface area contributed by atoms with Crippen LogP contribution in [-0.2, 0) is 17.8 Å². The Hall–Kier alpha value is -2.37. The third-order valence-corrected chi connectivity index (χ3v) is 2.39. The molecule has 6 nitrogen and oxygen atoms in total. The summed E-state index contributed by atoms with van der Waals surface area (Å²) >= 11 is 0. The number of aromatic amines is 1. The molecule has 0 atom stereocenters. The van der Waals surface area contributed by atoms with Gasteiger partial charge in [-0.15, -0.1) is 0 Å². The monoisotopic (exact) mass is 260 g/mol. The van der Waals surface area contributed by atoms with Gasteiger partial charge in [0.1, 0.15) is 12.4 Å². The zero-order valence-electron chi connectivity index (χ0n) is 10.7. The first-order valence-corrected chi connectivity index (χ1v) is 6.12. The molecule has 0 saturated carbocycles. The normalized spacial score (nSPS) is 10.2. The number of carbonyl (C=O) groups excluding carboxylic acids is 1. The van der Waals surface area contributed by atoms with Crippen LogP contribution in [-0.4, -0.2) is 27.6 Å². The molecule has 0 unspecified atom stereocenters. The third-order valence-electron chi connectivity index (χ3n) is 2.39. The number of hydrogen-bond donors (Lipinski definition) is 2. The maximum absolute atomic E-state index is 11.4. The number of rotatable bonds is 6. The number of amides is 1. The Morgan fingerprint density at radius 3 is 2.89 bits per heavy atom. The molecular weight excluding hydrogens is 244 g/mol. The van der Waals surface area contributed by atoms with Crippen molar-refractivity contribution in [1.29, 1.82) is 0 Å². The molecule has 0 spiro atoms. The minimum atomic E-state index is -0.0861. The molecule has 2 aromatic rings. The van der Waals surface area contributed by atoms with E-state index in [1.807, 2.05) is 37.3 Å². The molecule has 1 aromatic heterocycles. The lowest BCUT2D eigenvalue weighted by atomic mass is 10.3. The minimum absolute atomic E-state index is 0.0861. The quantitative estimate of drug-likeness (QED) is 0.814. The van der Waals surface area contributed by atoms with Crippen LogP contribution >= 0.6 is 0 Å². The maximum Gasteiger partial charge on any atom is 0.227 e. The first-order chi connectivity index (χ1) is 9.28. The van der Waals surface area contributed by atoms with Gasteiger partial charge in [-0.05, 0) is 19.1 Å². The highest BCUT2D eigenvalue weighted by Crippen LogP contribution is 2.09. The fourth-order valence-corrected chi connectivity index (χ4v) is 1.55. The van der Waals surface area contributed by atoms with Crippen molar-refractivity contribution in [2.75, 3.05) is 6.54 Å². The van der Waals surface area contributed by atoms with Gasteiger partial charge in [-0.3, -0.25) is 9.89 Å². The van der Waals surface area contributed by atoms with Gasteiger partial charge in [-0.2, -0.15) is 5.10 Å². The van der Waals surface area contributed by atoms with E-state index in [9.17, 15) is 4.79 Å². The highest BCUT2D eigenvalue weighted by molar-refractivity contribution is 5.77. The van der Waals surface area contributed by atoms with Gasteiger partial charge in [0.25, 0.3) is 0 Å². The molecule has 0 aliphatic rings. The second-order valence-electron chi connectivity index (χ2n) is 3.93. The lowest BCUT2D eigenvalue weighted by molar-refractivity contribution is -0.120. The van der Waals surface area contributed by atoms with Crippen LogP contribution in [0.4, 0.5) is 0 Å². The van der Waals surface area contributed by atoms with Crippen molar-refractivity contribution in [3.05, 3.63) is 42.0 Å². The summed E-state index contributed by atoms with van der Waals surface area (Å²) in [6.45, 7) is 2.77.